The highest BCUT2D eigenvalue weighted by molar-refractivity contribution is 5.50. The van der Waals surface area contributed by atoms with Crippen LogP contribution in [0.1, 0.15) is 31.0 Å². The lowest BCUT2D eigenvalue weighted by Crippen LogP contribution is -2.27. The van der Waals surface area contributed by atoms with Crippen molar-refractivity contribution < 1.29 is 9.50 Å². The van der Waals surface area contributed by atoms with Gasteiger partial charge in [-0.2, -0.15) is 0 Å². The lowest BCUT2D eigenvalue weighted by Gasteiger charge is -2.23. The molecule has 1 atom stereocenters. The summed E-state index contributed by atoms with van der Waals surface area (Å²) in [4.78, 5) is 1.85. The number of likely N-dealkylation sites (N-methyl/N-ethyl adjacent to an activating group) is 1. The summed E-state index contributed by atoms with van der Waals surface area (Å²) >= 11 is 0. The minimum Gasteiger partial charge on any atom is -0.395 e. The van der Waals surface area contributed by atoms with Crippen LogP contribution < -0.4 is 10.2 Å². The fourth-order valence-electron chi connectivity index (χ4n) is 2.61. The van der Waals surface area contributed by atoms with Crippen LogP contribution in [0.5, 0.6) is 0 Å². The summed E-state index contributed by atoms with van der Waals surface area (Å²) in [5, 5.41) is 12.6. The molecule has 2 aromatic rings. The van der Waals surface area contributed by atoms with Gasteiger partial charge in [0.15, 0.2) is 0 Å². The van der Waals surface area contributed by atoms with Crippen molar-refractivity contribution in [3.8, 4) is 0 Å². The molecule has 2 N–H and O–H groups in total. The van der Waals surface area contributed by atoms with Gasteiger partial charge in [0, 0.05) is 25.7 Å². The molecular weight excluding hydrogens is 291 g/mol. The van der Waals surface area contributed by atoms with E-state index in [0.29, 0.717) is 25.3 Å². The molecule has 0 saturated heterocycles. The van der Waals surface area contributed by atoms with E-state index >= 15 is 0 Å². The monoisotopic (exact) mass is 316 g/mol. The lowest BCUT2D eigenvalue weighted by molar-refractivity contribution is 0.302. The number of halogens is 1. The predicted molar refractivity (Wildman–Crippen MR) is 93.1 cm³/mol. The first-order valence-corrected chi connectivity index (χ1v) is 8.08. The molecule has 0 heterocycles. The van der Waals surface area contributed by atoms with Gasteiger partial charge in [0.05, 0.1) is 12.3 Å². The number of nitrogens with zero attached hydrogens (tertiary/aromatic N) is 1. The Kier molecular flexibility index (Phi) is 6.56. The van der Waals surface area contributed by atoms with Crippen LogP contribution in [-0.2, 0) is 6.54 Å². The third kappa shape index (κ3) is 4.78. The number of aliphatic hydroxyl groups is 1. The van der Waals surface area contributed by atoms with E-state index in [-0.39, 0.29) is 18.5 Å². The van der Waals surface area contributed by atoms with Gasteiger partial charge in [0.1, 0.15) is 5.82 Å². The first kappa shape index (κ1) is 17.4. The standard InChI is InChI=1S/C19H25FN2O/c1-3-22(11-12-23)19-13-16(9-10-18(19)20)14-21-15(2)17-7-5-4-6-8-17/h4-10,13,15,21,23H,3,11-12,14H2,1-2H3. The minimum atomic E-state index is -0.250. The summed E-state index contributed by atoms with van der Waals surface area (Å²) in [6.45, 7) is 5.85. The van der Waals surface area contributed by atoms with E-state index in [9.17, 15) is 4.39 Å². The molecule has 0 spiro atoms. The molecule has 1 unspecified atom stereocenters. The van der Waals surface area contributed by atoms with Gasteiger partial charge >= 0.3 is 0 Å². The van der Waals surface area contributed by atoms with Gasteiger partial charge in [-0.1, -0.05) is 36.4 Å². The zero-order chi connectivity index (χ0) is 16.7. The Labute approximate surface area is 137 Å². The van der Waals surface area contributed by atoms with E-state index in [2.05, 4.69) is 24.4 Å². The van der Waals surface area contributed by atoms with Crippen LogP contribution in [0.3, 0.4) is 0 Å². The van der Waals surface area contributed by atoms with Crippen molar-refractivity contribution in [1.29, 1.82) is 0 Å². The third-order valence-corrected chi connectivity index (χ3v) is 4.01. The number of rotatable bonds is 8. The maximum absolute atomic E-state index is 14.1. The SMILES string of the molecule is CCN(CCO)c1cc(CNC(C)c2ccccc2)ccc1F. The number of hydrogen-bond donors (Lipinski definition) is 2. The van der Waals surface area contributed by atoms with Crippen molar-refractivity contribution in [3.05, 3.63) is 65.5 Å². The van der Waals surface area contributed by atoms with Crippen LogP contribution in [0.15, 0.2) is 48.5 Å². The largest absolute Gasteiger partial charge is 0.395 e. The molecule has 4 heteroatoms. The molecule has 0 aromatic heterocycles. The molecular formula is C19H25FN2O. The van der Waals surface area contributed by atoms with E-state index in [0.717, 1.165) is 5.56 Å². The van der Waals surface area contributed by atoms with Crippen LogP contribution in [0.4, 0.5) is 10.1 Å². The molecule has 0 aliphatic carbocycles. The Morgan fingerprint density at radius 3 is 2.57 bits per heavy atom. The molecule has 0 bridgehead atoms. The highest BCUT2D eigenvalue weighted by atomic mass is 19.1. The van der Waals surface area contributed by atoms with E-state index < -0.39 is 0 Å². The highest BCUT2D eigenvalue weighted by Crippen LogP contribution is 2.21. The second-order valence-electron chi connectivity index (χ2n) is 5.60. The number of aliphatic hydroxyl groups excluding tert-OH is 1. The zero-order valence-electron chi connectivity index (χ0n) is 13.8. The predicted octanol–water partition coefficient (Wildman–Crippen LogP) is 3.50. The van der Waals surface area contributed by atoms with Crippen molar-refractivity contribution in [3.63, 3.8) is 0 Å². The van der Waals surface area contributed by atoms with Crippen LogP contribution in [0.2, 0.25) is 0 Å². The normalized spacial score (nSPS) is 12.2. The molecule has 2 rings (SSSR count). The Morgan fingerprint density at radius 1 is 1.17 bits per heavy atom. The summed E-state index contributed by atoms with van der Waals surface area (Å²) in [6, 6.07) is 15.6. The molecule has 23 heavy (non-hydrogen) atoms. The number of benzene rings is 2. The molecule has 0 aliphatic rings. The van der Waals surface area contributed by atoms with Gasteiger partial charge in [-0.15, -0.1) is 0 Å². The Hall–Kier alpha value is -1.91. The smallest absolute Gasteiger partial charge is 0.146 e. The lowest BCUT2D eigenvalue weighted by atomic mass is 10.1. The number of nitrogens with one attached hydrogen (secondary N) is 1. The molecule has 3 nitrogen and oxygen atoms in total. The van der Waals surface area contributed by atoms with E-state index in [1.807, 2.05) is 36.1 Å². The second kappa shape index (κ2) is 8.65. The first-order valence-electron chi connectivity index (χ1n) is 8.08. The van der Waals surface area contributed by atoms with Crippen LogP contribution in [0.25, 0.3) is 0 Å². The van der Waals surface area contributed by atoms with Crippen LogP contribution >= 0.6 is 0 Å². The summed E-state index contributed by atoms with van der Waals surface area (Å²) in [5.74, 6) is -0.250. The van der Waals surface area contributed by atoms with Crippen molar-refractivity contribution in [2.45, 2.75) is 26.4 Å². The van der Waals surface area contributed by atoms with Crippen molar-refractivity contribution in [2.75, 3.05) is 24.6 Å². The molecule has 0 amide bonds. The third-order valence-electron chi connectivity index (χ3n) is 4.01. The maximum Gasteiger partial charge on any atom is 0.146 e. The zero-order valence-corrected chi connectivity index (χ0v) is 13.8. The Bertz CT molecular complexity index is 604. The molecule has 2 aromatic carbocycles. The number of anilines is 1. The second-order valence-corrected chi connectivity index (χ2v) is 5.60. The quantitative estimate of drug-likeness (QED) is 0.782. The summed E-state index contributed by atoms with van der Waals surface area (Å²) in [7, 11) is 0. The first-order chi connectivity index (χ1) is 11.2. The highest BCUT2D eigenvalue weighted by Gasteiger charge is 2.11. The summed E-state index contributed by atoms with van der Waals surface area (Å²) in [6.07, 6.45) is 0. The van der Waals surface area contributed by atoms with E-state index in [4.69, 9.17) is 5.11 Å². The molecule has 124 valence electrons. The minimum absolute atomic E-state index is 0.0147. The average Bonchev–Trinajstić information content (AvgIpc) is 2.59. The van der Waals surface area contributed by atoms with Gasteiger partial charge in [-0.05, 0) is 37.1 Å². The molecule has 0 fully saturated rings. The summed E-state index contributed by atoms with van der Waals surface area (Å²) in [5.41, 5.74) is 2.80. The van der Waals surface area contributed by atoms with Crippen LogP contribution in [0, 0.1) is 5.82 Å². The van der Waals surface area contributed by atoms with Gasteiger partial charge < -0.3 is 15.3 Å². The number of hydrogen-bond acceptors (Lipinski definition) is 3. The fraction of sp³-hybridized carbons (Fsp3) is 0.368. The van der Waals surface area contributed by atoms with Crippen molar-refractivity contribution in [1.82, 2.24) is 5.32 Å². The van der Waals surface area contributed by atoms with Crippen molar-refractivity contribution >= 4 is 5.69 Å². The molecule has 0 saturated carbocycles. The van der Waals surface area contributed by atoms with E-state index in [1.165, 1.54) is 11.6 Å². The maximum atomic E-state index is 14.1. The average molecular weight is 316 g/mol. The van der Waals surface area contributed by atoms with Crippen molar-refractivity contribution in [2.24, 2.45) is 0 Å². The van der Waals surface area contributed by atoms with Crippen LogP contribution in [-0.4, -0.2) is 24.8 Å². The fourth-order valence-corrected chi connectivity index (χ4v) is 2.61. The van der Waals surface area contributed by atoms with Gasteiger partial charge in [-0.3, -0.25) is 0 Å². The van der Waals surface area contributed by atoms with Gasteiger partial charge in [-0.25, -0.2) is 4.39 Å². The summed E-state index contributed by atoms with van der Waals surface area (Å²) < 4.78 is 14.1. The van der Waals surface area contributed by atoms with E-state index in [1.54, 1.807) is 6.07 Å². The Morgan fingerprint density at radius 2 is 1.91 bits per heavy atom. The Balaban J connectivity index is 2.06. The van der Waals surface area contributed by atoms with Gasteiger partial charge in [0.25, 0.3) is 0 Å². The van der Waals surface area contributed by atoms with Gasteiger partial charge in [0.2, 0.25) is 0 Å². The topological polar surface area (TPSA) is 35.5 Å². The molecule has 0 radical (unpaired) electrons. The molecule has 0 aliphatic heterocycles.